The summed E-state index contributed by atoms with van der Waals surface area (Å²) in [4.78, 5) is 24.5. The number of Topliss-reactive ketones (excluding diaryl/α,β-unsaturated/α-hetero) is 2. The van der Waals surface area contributed by atoms with Gasteiger partial charge in [0.05, 0.1) is 15.2 Å². The topological polar surface area (TPSA) is 34.1 Å². The highest BCUT2D eigenvalue weighted by Crippen LogP contribution is 2.38. The molecule has 6 heteroatoms. The molecule has 0 amide bonds. The van der Waals surface area contributed by atoms with E-state index in [0.717, 1.165) is 32.7 Å². The average molecular weight is 623 g/mol. The Hall–Kier alpha value is -2.91. The van der Waals surface area contributed by atoms with Crippen molar-refractivity contribution in [2.24, 2.45) is 0 Å². The molecule has 0 saturated heterocycles. The van der Waals surface area contributed by atoms with Gasteiger partial charge in [0.2, 0.25) is 0 Å². The van der Waals surface area contributed by atoms with E-state index >= 15 is 0 Å². The van der Waals surface area contributed by atoms with Crippen molar-refractivity contribution in [3.8, 4) is 0 Å². The SMILES string of the molecule is CC(=O)c1ccc(/C=C/[Si](C)(C)[Si](C)(C)[Si](C)(C)[Si](C)(C)/C=C/c2ccc(C(C)=O)c3ccccc23)c2ccccc12. The summed E-state index contributed by atoms with van der Waals surface area (Å²) in [6, 6.07) is 24.8. The first-order chi connectivity index (χ1) is 19.5. The molecule has 0 atom stereocenters. The highest BCUT2D eigenvalue weighted by atomic mass is 29.8. The summed E-state index contributed by atoms with van der Waals surface area (Å²) in [5.41, 5.74) is 9.21. The fourth-order valence-electron chi connectivity index (χ4n) is 6.17. The Morgan fingerprint density at radius 1 is 0.476 bits per heavy atom. The monoisotopic (exact) mass is 622 g/mol. The number of fused-ring (bicyclic) bond motifs is 2. The molecule has 0 aliphatic heterocycles. The van der Waals surface area contributed by atoms with E-state index < -0.39 is 29.4 Å². The Balaban J connectivity index is 1.69. The Kier molecular flexibility index (Phi) is 8.87. The summed E-state index contributed by atoms with van der Waals surface area (Å²) in [6.45, 7) is 24.3. The molecule has 0 spiro atoms. The number of carbonyl (C=O) groups excluding carboxylic acids is 2. The molecule has 2 nitrogen and oxygen atoms in total. The fraction of sp³-hybridized carbons (Fsp3) is 0.278. The minimum absolute atomic E-state index is 0.112. The number of ketones is 2. The molecular formula is C36H46O2Si4. The van der Waals surface area contributed by atoms with Crippen molar-refractivity contribution in [3.63, 3.8) is 0 Å². The van der Waals surface area contributed by atoms with Crippen LogP contribution in [-0.2, 0) is 0 Å². The smallest absolute Gasteiger partial charge is 0.160 e. The highest BCUT2D eigenvalue weighted by molar-refractivity contribution is 7.84. The first-order valence-electron chi connectivity index (χ1n) is 15.0. The quantitative estimate of drug-likeness (QED) is 0.137. The zero-order chi connectivity index (χ0) is 31.1. The first kappa shape index (κ1) is 32.0. The summed E-state index contributed by atoms with van der Waals surface area (Å²) >= 11 is 0. The molecule has 0 radical (unpaired) electrons. The van der Waals surface area contributed by atoms with Crippen LogP contribution in [0, 0.1) is 0 Å². The lowest BCUT2D eigenvalue weighted by molar-refractivity contribution is 0.101. The summed E-state index contributed by atoms with van der Waals surface area (Å²) in [6.07, 6.45) is 4.73. The minimum Gasteiger partial charge on any atom is -0.294 e. The van der Waals surface area contributed by atoms with Crippen LogP contribution in [0.2, 0.25) is 52.4 Å². The van der Waals surface area contributed by atoms with Crippen molar-refractivity contribution >= 4 is 74.7 Å². The lowest BCUT2D eigenvalue weighted by Gasteiger charge is -2.53. The molecular weight excluding hydrogens is 577 g/mol. The molecule has 0 aliphatic rings. The standard InChI is InChI=1S/C36H46O2Si4/c1-27(37)31-21-19-29(33-15-11-13-17-35(31)33)23-25-39(3,4)41(7,8)42(9,10)40(5,6)26-24-30-20-22-32(28(2)38)36-18-14-12-16-34(30)36/h11-26H,1-10H3/b25-23+,26-24+. The normalized spacial score (nSPS) is 13.5. The van der Waals surface area contributed by atoms with Crippen LogP contribution in [-0.4, -0.2) is 41.0 Å². The number of benzene rings is 4. The molecule has 0 bridgehead atoms. The number of carbonyl (C=O) groups is 2. The number of hydrogen-bond acceptors (Lipinski definition) is 2. The largest absolute Gasteiger partial charge is 0.294 e. The van der Waals surface area contributed by atoms with Gasteiger partial charge in [-0.15, -0.1) is 0 Å². The second kappa shape index (κ2) is 11.6. The van der Waals surface area contributed by atoms with Crippen LogP contribution in [0.1, 0.15) is 45.7 Å². The Morgan fingerprint density at radius 3 is 1.10 bits per heavy atom. The third-order valence-corrected chi connectivity index (χ3v) is 77.2. The van der Waals surface area contributed by atoms with E-state index in [4.69, 9.17) is 0 Å². The maximum absolute atomic E-state index is 12.3. The summed E-state index contributed by atoms with van der Waals surface area (Å²) in [5.74, 6) is 0.224. The van der Waals surface area contributed by atoms with E-state index in [1.165, 1.54) is 11.1 Å². The van der Waals surface area contributed by atoms with Gasteiger partial charge in [-0.25, -0.2) is 0 Å². The molecule has 0 unspecified atom stereocenters. The Morgan fingerprint density at radius 2 is 0.786 bits per heavy atom. The van der Waals surface area contributed by atoms with Crippen LogP contribution >= 0.6 is 0 Å². The second-order valence-corrected chi connectivity index (χ2v) is 53.8. The minimum atomic E-state index is -1.74. The van der Waals surface area contributed by atoms with Gasteiger partial charge in [0.25, 0.3) is 0 Å². The van der Waals surface area contributed by atoms with Crippen molar-refractivity contribution in [2.75, 3.05) is 0 Å². The molecule has 218 valence electrons. The summed E-state index contributed by atoms with van der Waals surface area (Å²) in [5, 5.41) is 4.39. The predicted octanol–water partition coefficient (Wildman–Crippen LogP) is 10.3. The molecule has 4 aromatic carbocycles. The van der Waals surface area contributed by atoms with Gasteiger partial charge >= 0.3 is 0 Å². The lowest BCUT2D eigenvalue weighted by atomic mass is 9.98. The maximum Gasteiger partial charge on any atom is 0.160 e. The van der Waals surface area contributed by atoms with Gasteiger partial charge in [-0.1, -0.05) is 149 Å². The molecule has 42 heavy (non-hydrogen) atoms. The van der Waals surface area contributed by atoms with E-state index in [9.17, 15) is 9.59 Å². The third kappa shape index (κ3) is 5.70. The van der Waals surface area contributed by atoms with Gasteiger partial charge in [0, 0.05) is 25.3 Å². The highest BCUT2D eigenvalue weighted by Gasteiger charge is 2.57. The Bertz CT molecular complexity index is 1610. The van der Waals surface area contributed by atoms with Gasteiger partial charge in [-0.05, 0) is 46.5 Å². The van der Waals surface area contributed by atoms with Crippen LogP contribution in [0.5, 0.6) is 0 Å². The van der Waals surface area contributed by atoms with Crippen LogP contribution in [0.3, 0.4) is 0 Å². The molecule has 0 N–H and O–H groups in total. The summed E-state index contributed by atoms with van der Waals surface area (Å²) < 4.78 is 0. The molecule has 0 fully saturated rings. The van der Waals surface area contributed by atoms with E-state index in [2.05, 4.69) is 124 Å². The fourth-order valence-corrected chi connectivity index (χ4v) is 72.0. The Labute approximate surface area is 256 Å². The predicted molar refractivity (Wildman–Crippen MR) is 196 cm³/mol. The zero-order valence-electron chi connectivity index (χ0n) is 27.1. The van der Waals surface area contributed by atoms with Crippen molar-refractivity contribution < 1.29 is 9.59 Å². The van der Waals surface area contributed by atoms with Gasteiger partial charge in [0.15, 0.2) is 11.6 Å². The maximum atomic E-state index is 12.3. The lowest BCUT2D eigenvalue weighted by Crippen LogP contribution is -2.78. The van der Waals surface area contributed by atoms with Crippen LogP contribution in [0.25, 0.3) is 33.7 Å². The van der Waals surface area contributed by atoms with Crippen molar-refractivity contribution in [1.29, 1.82) is 0 Å². The third-order valence-electron chi connectivity index (χ3n) is 10.8. The van der Waals surface area contributed by atoms with E-state index in [1.807, 2.05) is 24.3 Å². The molecule has 0 aliphatic carbocycles. The van der Waals surface area contributed by atoms with Crippen LogP contribution < -0.4 is 0 Å². The van der Waals surface area contributed by atoms with Crippen molar-refractivity contribution in [1.82, 2.24) is 0 Å². The molecule has 0 aromatic heterocycles. The van der Waals surface area contributed by atoms with E-state index in [-0.39, 0.29) is 11.6 Å². The molecule has 4 rings (SSSR count). The summed E-state index contributed by atoms with van der Waals surface area (Å²) in [7, 11) is -6.79. The van der Waals surface area contributed by atoms with Gasteiger partial charge in [-0.3, -0.25) is 9.59 Å². The van der Waals surface area contributed by atoms with Crippen molar-refractivity contribution in [2.45, 2.75) is 66.2 Å². The molecule has 4 aromatic rings. The van der Waals surface area contributed by atoms with Crippen LogP contribution in [0.15, 0.2) is 84.2 Å². The van der Waals surface area contributed by atoms with Crippen molar-refractivity contribution in [3.05, 3.63) is 106 Å². The van der Waals surface area contributed by atoms with Crippen LogP contribution in [0.4, 0.5) is 0 Å². The van der Waals surface area contributed by atoms with Gasteiger partial charge in [-0.2, -0.15) is 0 Å². The molecule has 0 heterocycles. The van der Waals surface area contributed by atoms with E-state index in [1.54, 1.807) is 13.8 Å². The van der Waals surface area contributed by atoms with E-state index in [0.29, 0.717) is 0 Å². The van der Waals surface area contributed by atoms with Gasteiger partial charge < -0.3 is 0 Å². The zero-order valence-corrected chi connectivity index (χ0v) is 31.1. The number of rotatable bonds is 9. The number of hydrogen-bond donors (Lipinski definition) is 0. The van der Waals surface area contributed by atoms with Gasteiger partial charge in [0.1, 0.15) is 0 Å². The average Bonchev–Trinajstić information content (AvgIpc) is 2.93. The second-order valence-electron chi connectivity index (χ2n) is 14.0. The first-order valence-corrected chi connectivity index (χ1v) is 30.1. The molecule has 0 saturated carbocycles.